The van der Waals surface area contributed by atoms with Crippen LogP contribution in [-0.2, 0) is 11.3 Å². The van der Waals surface area contributed by atoms with E-state index in [1.54, 1.807) is 0 Å². The number of aryl methyl sites for hydroxylation is 2. The first-order valence-electron chi connectivity index (χ1n) is 6.52. The molecule has 1 aromatic carbocycles. The number of nitrogens with one attached hydrogen (secondary N) is 1. The Bertz CT molecular complexity index is 654. The summed E-state index contributed by atoms with van der Waals surface area (Å²) in [6.07, 6.45) is 0. The first kappa shape index (κ1) is 15.4. The summed E-state index contributed by atoms with van der Waals surface area (Å²) in [5.41, 5.74) is 8.72. The van der Waals surface area contributed by atoms with Gasteiger partial charge in [-0.1, -0.05) is 17.4 Å². The summed E-state index contributed by atoms with van der Waals surface area (Å²) in [5, 5.41) is 11.4. The summed E-state index contributed by atoms with van der Waals surface area (Å²) >= 11 is 1.26. The van der Waals surface area contributed by atoms with Crippen LogP contribution in [-0.4, -0.2) is 22.7 Å². The SMILES string of the molecule is Cc1cc(C)c(C)c(OCC(=O)Nc2nnc(CN)s2)c1. The fraction of sp³-hybridized carbons (Fsp3) is 0.357. The maximum atomic E-state index is 11.8. The molecule has 0 saturated heterocycles. The molecule has 1 aromatic heterocycles. The fourth-order valence-electron chi connectivity index (χ4n) is 1.84. The molecule has 0 aliphatic heterocycles. The number of carbonyl (C=O) groups excluding carboxylic acids is 1. The second-order valence-electron chi connectivity index (χ2n) is 4.75. The van der Waals surface area contributed by atoms with Crippen LogP contribution in [0.5, 0.6) is 5.75 Å². The third-order valence-electron chi connectivity index (χ3n) is 3.01. The summed E-state index contributed by atoms with van der Waals surface area (Å²) in [5.74, 6) is 0.454. The molecule has 0 aliphatic carbocycles. The zero-order valence-electron chi connectivity index (χ0n) is 12.3. The van der Waals surface area contributed by atoms with Crippen LogP contribution in [0.3, 0.4) is 0 Å². The van der Waals surface area contributed by atoms with Gasteiger partial charge in [-0.3, -0.25) is 10.1 Å². The van der Waals surface area contributed by atoms with Crippen molar-refractivity contribution < 1.29 is 9.53 Å². The molecule has 1 amide bonds. The zero-order chi connectivity index (χ0) is 15.4. The highest BCUT2D eigenvalue weighted by atomic mass is 32.1. The Morgan fingerprint density at radius 1 is 1.33 bits per heavy atom. The van der Waals surface area contributed by atoms with Gasteiger partial charge in [0.2, 0.25) is 5.13 Å². The quantitative estimate of drug-likeness (QED) is 0.881. The van der Waals surface area contributed by atoms with Gasteiger partial charge in [0.1, 0.15) is 10.8 Å². The van der Waals surface area contributed by atoms with Gasteiger partial charge in [-0.05, 0) is 43.5 Å². The van der Waals surface area contributed by atoms with E-state index in [2.05, 4.69) is 21.6 Å². The Morgan fingerprint density at radius 2 is 2.10 bits per heavy atom. The maximum Gasteiger partial charge on any atom is 0.264 e. The van der Waals surface area contributed by atoms with Gasteiger partial charge < -0.3 is 10.5 Å². The molecule has 112 valence electrons. The Kier molecular flexibility index (Phi) is 4.87. The van der Waals surface area contributed by atoms with Crippen molar-refractivity contribution in [2.75, 3.05) is 11.9 Å². The van der Waals surface area contributed by atoms with Gasteiger partial charge in [0.15, 0.2) is 6.61 Å². The van der Waals surface area contributed by atoms with Crippen LogP contribution < -0.4 is 15.8 Å². The Hall–Kier alpha value is -1.99. The first-order chi connectivity index (χ1) is 9.99. The fourth-order valence-corrected chi connectivity index (χ4v) is 2.47. The van der Waals surface area contributed by atoms with E-state index in [9.17, 15) is 4.79 Å². The van der Waals surface area contributed by atoms with Crippen molar-refractivity contribution in [3.8, 4) is 5.75 Å². The predicted octanol–water partition coefficient (Wildman–Crippen LogP) is 1.94. The summed E-state index contributed by atoms with van der Waals surface area (Å²) in [4.78, 5) is 11.8. The van der Waals surface area contributed by atoms with Crippen molar-refractivity contribution >= 4 is 22.4 Å². The summed E-state index contributed by atoms with van der Waals surface area (Å²) in [6.45, 7) is 6.23. The van der Waals surface area contributed by atoms with Crippen LogP contribution in [0, 0.1) is 20.8 Å². The number of rotatable bonds is 5. The molecule has 1 heterocycles. The molecule has 2 aromatic rings. The minimum atomic E-state index is -0.270. The van der Waals surface area contributed by atoms with Gasteiger partial charge in [0.05, 0.1) is 0 Å². The number of amides is 1. The van der Waals surface area contributed by atoms with E-state index < -0.39 is 0 Å². The van der Waals surface area contributed by atoms with E-state index in [4.69, 9.17) is 10.5 Å². The lowest BCUT2D eigenvalue weighted by Crippen LogP contribution is -2.20. The van der Waals surface area contributed by atoms with E-state index in [0.717, 1.165) is 22.4 Å². The van der Waals surface area contributed by atoms with Crippen LogP contribution in [0.1, 0.15) is 21.7 Å². The van der Waals surface area contributed by atoms with Gasteiger partial charge >= 0.3 is 0 Å². The highest BCUT2D eigenvalue weighted by molar-refractivity contribution is 7.15. The number of carbonyl (C=O) groups is 1. The second kappa shape index (κ2) is 6.64. The zero-order valence-corrected chi connectivity index (χ0v) is 13.1. The molecule has 0 spiro atoms. The third-order valence-corrected chi connectivity index (χ3v) is 3.87. The van der Waals surface area contributed by atoms with E-state index in [1.165, 1.54) is 11.3 Å². The second-order valence-corrected chi connectivity index (χ2v) is 5.81. The molecule has 21 heavy (non-hydrogen) atoms. The lowest BCUT2D eigenvalue weighted by Gasteiger charge is -2.11. The van der Waals surface area contributed by atoms with E-state index in [-0.39, 0.29) is 12.5 Å². The van der Waals surface area contributed by atoms with Gasteiger partial charge in [0.25, 0.3) is 5.91 Å². The number of anilines is 1. The third kappa shape index (κ3) is 3.99. The van der Waals surface area contributed by atoms with Crippen LogP contribution in [0.15, 0.2) is 12.1 Å². The number of nitrogens with two attached hydrogens (primary N) is 1. The van der Waals surface area contributed by atoms with Crippen LogP contribution in [0.4, 0.5) is 5.13 Å². The van der Waals surface area contributed by atoms with E-state index in [0.29, 0.717) is 16.7 Å². The maximum absolute atomic E-state index is 11.8. The Balaban J connectivity index is 1.95. The smallest absolute Gasteiger partial charge is 0.264 e. The minimum Gasteiger partial charge on any atom is -0.483 e. The summed E-state index contributed by atoms with van der Waals surface area (Å²) in [7, 11) is 0. The molecular weight excluding hydrogens is 288 g/mol. The average molecular weight is 306 g/mol. The highest BCUT2D eigenvalue weighted by Crippen LogP contribution is 2.23. The van der Waals surface area contributed by atoms with E-state index >= 15 is 0 Å². The molecule has 0 radical (unpaired) electrons. The molecule has 0 saturated carbocycles. The predicted molar refractivity (Wildman–Crippen MR) is 82.6 cm³/mol. The topological polar surface area (TPSA) is 90.1 Å². The molecule has 0 fully saturated rings. The van der Waals surface area contributed by atoms with Crippen molar-refractivity contribution in [2.24, 2.45) is 5.73 Å². The standard InChI is InChI=1S/C14H18N4O2S/c1-8-4-9(2)10(3)11(5-8)20-7-12(19)16-14-18-17-13(6-15)21-14/h4-5H,6-7,15H2,1-3H3,(H,16,18,19). The molecule has 6 nitrogen and oxygen atoms in total. The average Bonchev–Trinajstić information content (AvgIpc) is 2.88. The van der Waals surface area contributed by atoms with Crippen LogP contribution in [0.25, 0.3) is 0 Å². The molecule has 0 unspecified atom stereocenters. The monoisotopic (exact) mass is 306 g/mol. The highest BCUT2D eigenvalue weighted by Gasteiger charge is 2.10. The van der Waals surface area contributed by atoms with Crippen molar-refractivity contribution in [3.05, 3.63) is 33.8 Å². The van der Waals surface area contributed by atoms with E-state index in [1.807, 2.05) is 26.8 Å². The number of nitrogens with zero attached hydrogens (tertiary/aromatic N) is 2. The van der Waals surface area contributed by atoms with Gasteiger partial charge in [-0.15, -0.1) is 10.2 Å². The van der Waals surface area contributed by atoms with Crippen LogP contribution >= 0.6 is 11.3 Å². The number of aromatic nitrogens is 2. The molecule has 2 rings (SSSR count). The largest absolute Gasteiger partial charge is 0.483 e. The number of ether oxygens (including phenoxy) is 1. The summed E-state index contributed by atoms with van der Waals surface area (Å²) < 4.78 is 5.59. The Labute approximate surface area is 127 Å². The van der Waals surface area contributed by atoms with Gasteiger partial charge in [-0.2, -0.15) is 0 Å². The lowest BCUT2D eigenvalue weighted by molar-refractivity contribution is -0.118. The molecule has 0 bridgehead atoms. The van der Waals surface area contributed by atoms with Crippen LogP contribution in [0.2, 0.25) is 0 Å². The molecule has 0 atom stereocenters. The molecule has 7 heteroatoms. The lowest BCUT2D eigenvalue weighted by atomic mass is 10.1. The summed E-state index contributed by atoms with van der Waals surface area (Å²) in [6, 6.07) is 4.00. The number of hydrogen-bond acceptors (Lipinski definition) is 6. The molecule has 0 aliphatic rings. The molecule has 3 N–H and O–H groups in total. The van der Waals surface area contributed by atoms with Crippen molar-refractivity contribution in [3.63, 3.8) is 0 Å². The number of benzene rings is 1. The van der Waals surface area contributed by atoms with Crippen molar-refractivity contribution in [2.45, 2.75) is 27.3 Å². The normalized spacial score (nSPS) is 10.5. The minimum absolute atomic E-state index is 0.0682. The number of hydrogen-bond donors (Lipinski definition) is 2. The van der Waals surface area contributed by atoms with Gasteiger partial charge in [0, 0.05) is 6.54 Å². The van der Waals surface area contributed by atoms with Crippen molar-refractivity contribution in [1.82, 2.24) is 10.2 Å². The Morgan fingerprint density at radius 3 is 2.76 bits per heavy atom. The molecular formula is C14H18N4O2S. The van der Waals surface area contributed by atoms with Crippen molar-refractivity contribution in [1.29, 1.82) is 0 Å². The first-order valence-corrected chi connectivity index (χ1v) is 7.34. The van der Waals surface area contributed by atoms with Gasteiger partial charge in [-0.25, -0.2) is 0 Å².